The lowest BCUT2D eigenvalue weighted by Crippen LogP contribution is -2.35. The summed E-state index contributed by atoms with van der Waals surface area (Å²) in [4.78, 5) is 0. The van der Waals surface area contributed by atoms with E-state index >= 15 is 0 Å². The Morgan fingerprint density at radius 2 is 1.68 bits per heavy atom. The second-order valence-corrected chi connectivity index (χ2v) is 5.42. The van der Waals surface area contributed by atoms with Gasteiger partial charge in [0.25, 0.3) is 0 Å². The first-order valence-corrected chi connectivity index (χ1v) is 6.63. The zero-order valence-corrected chi connectivity index (χ0v) is 11.9. The summed E-state index contributed by atoms with van der Waals surface area (Å²) in [6, 6.07) is 5.54. The van der Waals surface area contributed by atoms with Crippen molar-refractivity contribution in [2.24, 2.45) is 5.41 Å². The molecule has 0 amide bonds. The predicted octanol–water partition coefficient (Wildman–Crippen LogP) is 4.79. The number of rotatable bonds is 5. The molecule has 0 saturated heterocycles. The standard InChI is InChI=1S/C15H22F3N/c1-5-14(3,4)13(19-6-2)11-9-7-8-10-12(11)15(16,17)18/h7-10,13,19H,5-6H2,1-4H3. The van der Waals surface area contributed by atoms with Crippen LogP contribution in [0, 0.1) is 5.41 Å². The summed E-state index contributed by atoms with van der Waals surface area (Å²) in [5, 5.41) is 3.20. The van der Waals surface area contributed by atoms with Gasteiger partial charge in [0.05, 0.1) is 5.56 Å². The lowest BCUT2D eigenvalue weighted by molar-refractivity contribution is -0.138. The molecule has 0 bridgehead atoms. The molecule has 19 heavy (non-hydrogen) atoms. The quantitative estimate of drug-likeness (QED) is 0.813. The molecule has 1 nitrogen and oxygen atoms in total. The number of nitrogens with one attached hydrogen (secondary N) is 1. The van der Waals surface area contributed by atoms with E-state index in [9.17, 15) is 13.2 Å². The van der Waals surface area contributed by atoms with Crippen molar-refractivity contribution in [3.8, 4) is 0 Å². The largest absolute Gasteiger partial charge is 0.416 e. The van der Waals surface area contributed by atoms with E-state index in [-0.39, 0.29) is 11.5 Å². The highest BCUT2D eigenvalue weighted by Gasteiger charge is 2.38. The van der Waals surface area contributed by atoms with Crippen molar-refractivity contribution in [3.63, 3.8) is 0 Å². The first-order chi connectivity index (χ1) is 8.74. The highest BCUT2D eigenvalue weighted by atomic mass is 19.4. The highest BCUT2D eigenvalue weighted by Crippen LogP contribution is 2.42. The van der Waals surface area contributed by atoms with Gasteiger partial charge in [0.2, 0.25) is 0 Å². The van der Waals surface area contributed by atoms with Crippen LogP contribution < -0.4 is 5.32 Å². The van der Waals surface area contributed by atoms with Crippen LogP contribution in [0.25, 0.3) is 0 Å². The SMILES string of the molecule is CCNC(c1ccccc1C(F)(F)F)C(C)(C)CC. The Balaban J connectivity index is 3.31. The van der Waals surface area contributed by atoms with Gasteiger partial charge >= 0.3 is 6.18 Å². The number of hydrogen-bond donors (Lipinski definition) is 1. The molecule has 0 saturated carbocycles. The van der Waals surface area contributed by atoms with Gasteiger partial charge in [-0.15, -0.1) is 0 Å². The number of alkyl halides is 3. The van der Waals surface area contributed by atoms with Crippen LogP contribution in [0.1, 0.15) is 51.3 Å². The van der Waals surface area contributed by atoms with Crippen molar-refractivity contribution in [1.82, 2.24) is 5.32 Å². The van der Waals surface area contributed by atoms with E-state index in [1.807, 2.05) is 27.7 Å². The second-order valence-electron chi connectivity index (χ2n) is 5.42. The Kier molecular flexibility index (Phi) is 5.02. The first kappa shape index (κ1) is 16.0. The van der Waals surface area contributed by atoms with Crippen LogP contribution in [0.3, 0.4) is 0 Å². The molecule has 0 aliphatic rings. The summed E-state index contributed by atoms with van der Waals surface area (Å²) in [5.74, 6) is 0. The second kappa shape index (κ2) is 5.95. The molecule has 0 aliphatic heterocycles. The fourth-order valence-electron chi connectivity index (χ4n) is 2.22. The van der Waals surface area contributed by atoms with Crippen molar-refractivity contribution in [2.75, 3.05) is 6.54 Å². The van der Waals surface area contributed by atoms with Crippen molar-refractivity contribution in [3.05, 3.63) is 35.4 Å². The van der Waals surface area contributed by atoms with Crippen LogP contribution in [0.15, 0.2) is 24.3 Å². The number of hydrogen-bond acceptors (Lipinski definition) is 1. The van der Waals surface area contributed by atoms with Gasteiger partial charge in [-0.2, -0.15) is 13.2 Å². The van der Waals surface area contributed by atoms with Gasteiger partial charge in [-0.1, -0.05) is 45.9 Å². The summed E-state index contributed by atoms with van der Waals surface area (Å²) in [6.07, 6.45) is -3.51. The lowest BCUT2D eigenvalue weighted by Gasteiger charge is -2.36. The Labute approximate surface area is 113 Å². The van der Waals surface area contributed by atoms with Crippen molar-refractivity contribution < 1.29 is 13.2 Å². The van der Waals surface area contributed by atoms with Crippen LogP contribution in [-0.2, 0) is 6.18 Å². The third kappa shape index (κ3) is 3.72. The molecule has 1 unspecified atom stereocenters. The minimum absolute atomic E-state index is 0.239. The monoisotopic (exact) mass is 273 g/mol. The average Bonchev–Trinajstić information content (AvgIpc) is 2.34. The van der Waals surface area contributed by atoms with Gasteiger partial charge in [0.1, 0.15) is 0 Å². The maximum atomic E-state index is 13.1. The number of benzene rings is 1. The maximum Gasteiger partial charge on any atom is 0.416 e. The summed E-state index contributed by atoms with van der Waals surface area (Å²) in [6.45, 7) is 8.54. The van der Waals surface area contributed by atoms with E-state index in [1.54, 1.807) is 12.1 Å². The first-order valence-electron chi connectivity index (χ1n) is 6.63. The van der Waals surface area contributed by atoms with Crippen molar-refractivity contribution in [2.45, 2.75) is 46.3 Å². The van der Waals surface area contributed by atoms with Crippen LogP contribution in [0.5, 0.6) is 0 Å². The van der Waals surface area contributed by atoms with Crippen LogP contribution in [0.2, 0.25) is 0 Å². The molecular formula is C15H22F3N. The smallest absolute Gasteiger partial charge is 0.310 e. The molecule has 1 N–H and O–H groups in total. The molecule has 108 valence electrons. The van der Waals surface area contributed by atoms with Crippen LogP contribution in [-0.4, -0.2) is 6.54 Å². The molecule has 0 aliphatic carbocycles. The average molecular weight is 273 g/mol. The topological polar surface area (TPSA) is 12.0 Å². The van der Waals surface area contributed by atoms with E-state index < -0.39 is 11.7 Å². The zero-order chi connectivity index (χ0) is 14.7. The molecule has 1 aromatic carbocycles. The van der Waals surface area contributed by atoms with E-state index in [4.69, 9.17) is 0 Å². The molecule has 0 spiro atoms. The molecule has 0 radical (unpaired) electrons. The predicted molar refractivity (Wildman–Crippen MR) is 71.9 cm³/mol. The minimum Gasteiger partial charge on any atom is -0.310 e. The van der Waals surface area contributed by atoms with E-state index in [2.05, 4.69) is 5.32 Å². The minimum atomic E-state index is -4.31. The summed E-state index contributed by atoms with van der Waals surface area (Å²) < 4.78 is 39.3. The fraction of sp³-hybridized carbons (Fsp3) is 0.600. The normalized spacial score (nSPS) is 14.5. The lowest BCUT2D eigenvalue weighted by atomic mass is 9.77. The zero-order valence-electron chi connectivity index (χ0n) is 11.9. The number of halogens is 3. The fourth-order valence-corrected chi connectivity index (χ4v) is 2.22. The summed E-state index contributed by atoms with van der Waals surface area (Å²) in [7, 11) is 0. The van der Waals surface area contributed by atoms with Crippen molar-refractivity contribution in [1.29, 1.82) is 0 Å². The van der Waals surface area contributed by atoms with E-state index in [0.29, 0.717) is 12.1 Å². The highest BCUT2D eigenvalue weighted by molar-refractivity contribution is 5.33. The Morgan fingerprint density at radius 3 is 2.16 bits per heavy atom. The maximum absolute atomic E-state index is 13.1. The molecular weight excluding hydrogens is 251 g/mol. The van der Waals surface area contributed by atoms with Gasteiger partial charge < -0.3 is 5.32 Å². The molecule has 1 aromatic rings. The van der Waals surface area contributed by atoms with Gasteiger partial charge in [0.15, 0.2) is 0 Å². The van der Waals surface area contributed by atoms with Gasteiger partial charge in [-0.3, -0.25) is 0 Å². The van der Waals surface area contributed by atoms with Crippen LogP contribution in [0.4, 0.5) is 13.2 Å². The van der Waals surface area contributed by atoms with Crippen LogP contribution >= 0.6 is 0 Å². The molecule has 1 rings (SSSR count). The summed E-state index contributed by atoms with van der Waals surface area (Å²) >= 11 is 0. The van der Waals surface area contributed by atoms with Crippen molar-refractivity contribution >= 4 is 0 Å². The van der Waals surface area contributed by atoms with E-state index in [1.165, 1.54) is 6.07 Å². The third-order valence-electron chi connectivity index (χ3n) is 3.68. The summed E-state index contributed by atoms with van der Waals surface area (Å²) in [5.41, 5.74) is -0.441. The molecule has 0 heterocycles. The Morgan fingerprint density at radius 1 is 1.11 bits per heavy atom. The molecule has 0 aromatic heterocycles. The van der Waals surface area contributed by atoms with Gasteiger partial charge in [-0.05, 0) is 30.0 Å². The Hall–Kier alpha value is -1.03. The third-order valence-corrected chi connectivity index (χ3v) is 3.68. The molecule has 1 atom stereocenters. The van der Waals surface area contributed by atoms with E-state index in [0.717, 1.165) is 12.5 Å². The van der Waals surface area contributed by atoms with Gasteiger partial charge in [-0.25, -0.2) is 0 Å². The van der Waals surface area contributed by atoms with Gasteiger partial charge in [0, 0.05) is 6.04 Å². The molecule has 4 heteroatoms. The Bertz CT molecular complexity index is 410. The molecule has 0 fully saturated rings.